The molecule has 4 heterocycles. The lowest BCUT2D eigenvalue weighted by Crippen LogP contribution is -2.47. The highest BCUT2D eigenvalue weighted by atomic mass is 32.1. The molecular weight excluding hydrogens is 426 g/mol. The first-order valence-electron chi connectivity index (χ1n) is 10.5. The van der Waals surface area contributed by atoms with E-state index < -0.39 is 0 Å². The van der Waals surface area contributed by atoms with Crippen molar-refractivity contribution in [2.75, 3.05) is 38.2 Å². The molecule has 32 heavy (non-hydrogen) atoms. The average Bonchev–Trinajstić information content (AvgIpc) is 3.58. The molecule has 164 valence electrons. The number of ether oxygens (including phenoxy) is 1. The van der Waals surface area contributed by atoms with Gasteiger partial charge in [-0.3, -0.25) is 14.5 Å². The van der Waals surface area contributed by atoms with E-state index >= 15 is 0 Å². The normalized spacial score (nSPS) is 17.0. The SMILES string of the molecule is COc1ccccc1N1CCN(C2=C(c3cccs3)C(=O)N(Cc3ccco3)C2=O)CC1. The highest BCUT2D eigenvalue weighted by Gasteiger charge is 2.43. The Hall–Kier alpha value is -3.52. The van der Waals surface area contributed by atoms with Crippen molar-refractivity contribution >= 4 is 34.4 Å². The number of hydrogen-bond donors (Lipinski definition) is 0. The van der Waals surface area contributed by atoms with Crippen LogP contribution < -0.4 is 9.64 Å². The molecule has 1 fully saturated rings. The smallest absolute Gasteiger partial charge is 0.278 e. The van der Waals surface area contributed by atoms with Crippen molar-refractivity contribution in [3.05, 3.63) is 76.5 Å². The fraction of sp³-hybridized carbons (Fsp3) is 0.250. The summed E-state index contributed by atoms with van der Waals surface area (Å²) >= 11 is 1.47. The standard InChI is InChI=1S/C24H23N3O4S/c1-30-19-8-3-2-7-18(19)25-10-12-26(13-11-25)22-21(20-9-5-15-32-20)23(28)27(24(22)29)16-17-6-4-14-31-17/h2-9,14-15H,10-13,16H2,1H3. The maximum atomic E-state index is 13.4. The number of hydrogen-bond acceptors (Lipinski definition) is 7. The largest absolute Gasteiger partial charge is 0.495 e. The summed E-state index contributed by atoms with van der Waals surface area (Å²) in [5.41, 5.74) is 2.02. The molecule has 0 aliphatic carbocycles. The highest BCUT2D eigenvalue weighted by Crippen LogP contribution is 2.36. The topological polar surface area (TPSA) is 66.2 Å². The second-order valence-electron chi connectivity index (χ2n) is 7.62. The van der Waals surface area contributed by atoms with Gasteiger partial charge in [-0.2, -0.15) is 0 Å². The fourth-order valence-corrected chi connectivity index (χ4v) is 5.03. The molecule has 0 spiro atoms. The summed E-state index contributed by atoms with van der Waals surface area (Å²) < 4.78 is 10.9. The van der Waals surface area contributed by atoms with E-state index in [0.717, 1.165) is 29.4 Å². The van der Waals surface area contributed by atoms with Crippen LogP contribution in [0.1, 0.15) is 10.6 Å². The van der Waals surface area contributed by atoms with Gasteiger partial charge in [0.15, 0.2) is 0 Å². The minimum absolute atomic E-state index is 0.129. The molecule has 0 bridgehead atoms. The van der Waals surface area contributed by atoms with Crippen LogP contribution in [0.15, 0.2) is 70.3 Å². The van der Waals surface area contributed by atoms with E-state index in [4.69, 9.17) is 9.15 Å². The maximum Gasteiger partial charge on any atom is 0.278 e. The number of nitrogens with zero attached hydrogens (tertiary/aromatic N) is 3. The molecule has 7 nitrogen and oxygen atoms in total. The number of rotatable bonds is 6. The summed E-state index contributed by atoms with van der Waals surface area (Å²) in [5.74, 6) is 0.882. The fourth-order valence-electron chi connectivity index (χ4n) is 4.26. The Morgan fingerprint density at radius 3 is 2.41 bits per heavy atom. The van der Waals surface area contributed by atoms with Crippen molar-refractivity contribution in [2.45, 2.75) is 6.54 Å². The zero-order valence-corrected chi connectivity index (χ0v) is 18.5. The zero-order chi connectivity index (χ0) is 22.1. The minimum Gasteiger partial charge on any atom is -0.495 e. The molecule has 2 amide bonds. The van der Waals surface area contributed by atoms with E-state index in [2.05, 4.69) is 4.90 Å². The Balaban J connectivity index is 1.41. The van der Waals surface area contributed by atoms with Crippen molar-refractivity contribution in [2.24, 2.45) is 0 Å². The summed E-state index contributed by atoms with van der Waals surface area (Å²) in [5, 5.41) is 1.92. The van der Waals surface area contributed by atoms with Gasteiger partial charge in [0, 0.05) is 31.1 Å². The number of para-hydroxylation sites is 2. The van der Waals surface area contributed by atoms with Crippen molar-refractivity contribution < 1.29 is 18.7 Å². The Bertz CT molecular complexity index is 1150. The van der Waals surface area contributed by atoms with E-state index in [1.165, 1.54) is 16.2 Å². The molecule has 0 saturated carbocycles. The van der Waals surface area contributed by atoms with Crippen LogP contribution in [0.3, 0.4) is 0 Å². The monoisotopic (exact) mass is 449 g/mol. The van der Waals surface area contributed by atoms with E-state index in [0.29, 0.717) is 30.1 Å². The van der Waals surface area contributed by atoms with E-state index in [1.807, 2.05) is 46.7 Å². The lowest BCUT2D eigenvalue weighted by Gasteiger charge is -2.38. The number of amides is 2. The minimum atomic E-state index is -0.268. The molecule has 1 aromatic carbocycles. The molecular formula is C24H23N3O4S. The van der Waals surface area contributed by atoms with Crippen LogP contribution in [0.4, 0.5) is 5.69 Å². The molecule has 8 heteroatoms. The number of thiophene rings is 1. The second-order valence-corrected chi connectivity index (χ2v) is 8.57. The summed E-state index contributed by atoms with van der Waals surface area (Å²) in [4.78, 5) is 33.2. The number of carbonyl (C=O) groups excluding carboxylic acids is 2. The third kappa shape index (κ3) is 3.56. The van der Waals surface area contributed by atoms with Crippen LogP contribution in [0.2, 0.25) is 0 Å². The molecule has 2 aromatic heterocycles. The van der Waals surface area contributed by atoms with Gasteiger partial charge in [0.05, 0.1) is 31.2 Å². The molecule has 0 radical (unpaired) electrons. The first kappa shape index (κ1) is 20.4. The Morgan fingerprint density at radius 1 is 0.938 bits per heavy atom. The van der Waals surface area contributed by atoms with Crippen molar-refractivity contribution in [3.8, 4) is 5.75 Å². The molecule has 0 unspecified atom stereocenters. The maximum absolute atomic E-state index is 13.4. The van der Waals surface area contributed by atoms with Crippen LogP contribution in [-0.4, -0.2) is 54.9 Å². The number of benzene rings is 1. The Labute approximate surface area is 190 Å². The van der Waals surface area contributed by atoms with E-state index in [1.54, 1.807) is 25.5 Å². The molecule has 3 aromatic rings. The van der Waals surface area contributed by atoms with Crippen molar-refractivity contribution in [1.29, 1.82) is 0 Å². The summed E-state index contributed by atoms with van der Waals surface area (Å²) in [6.45, 7) is 2.85. The first-order valence-corrected chi connectivity index (χ1v) is 11.3. The zero-order valence-electron chi connectivity index (χ0n) is 17.7. The molecule has 2 aliphatic rings. The number of imide groups is 1. The van der Waals surface area contributed by atoms with Crippen molar-refractivity contribution in [3.63, 3.8) is 0 Å². The molecule has 5 rings (SSSR count). The quantitative estimate of drug-likeness (QED) is 0.537. The van der Waals surface area contributed by atoms with Gasteiger partial charge in [0.2, 0.25) is 0 Å². The Kier molecular flexibility index (Phi) is 5.45. The lowest BCUT2D eigenvalue weighted by molar-refractivity contribution is -0.138. The van der Waals surface area contributed by atoms with Gasteiger partial charge in [-0.1, -0.05) is 18.2 Å². The third-order valence-corrected chi connectivity index (χ3v) is 6.71. The van der Waals surface area contributed by atoms with Gasteiger partial charge < -0.3 is 19.0 Å². The van der Waals surface area contributed by atoms with Gasteiger partial charge in [0.1, 0.15) is 17.2 Å². The lowest BCUT2D eigenvalue weighted by atomic mass is 10.1. The van der Waals surface area contributed by atoms with Gasteiger partial charge in [-0.05, 0) is 35.7 Å². The van der Waals surface area contributed by atoms with Crippen LogP contribution in [0.5, 0.6) is 5.75 Å². The Morgan fingerprint density at radius 2 is 1.72 bits per heavy atom. The molecule has 1 saturated heterocycles. The van der Waals surface area contributed by atoms with E-state index in [-0.39, 0.29) is 18.4 Å². The molecule has 0 N–H and O–H groups in total. The average molecular weight is 450 g/mol. The van der Waals surface area contributed by atoms with Gasteiger partial charge in [-0.25, -0.2) is 0 Å². The van der Waals surface area contributed by atoms with Crippen LogP contribution in [0, 0.1) is 0 Å². The molecule has 0 atom stereocenters. The van der Waals surface area contributed by atoms with Gasteiger partial charge in [-0.15, -0.1) is 11.3 Å². The second kappa shape index (κ2) is 8.55. The van der Waals surface area contributed by atoms with Crippen LogP contribution in [0.25, 0.3) is 5.57 Å². The number of methoxy groups -OCH3 is 1. The summed E-state index contributed by atoms with van der Waals surface area (Å²) in [6.07, 6.45) is 1.55. The number of anilines is 1. The molecule has 2 aliphatic heterocycles. The van der Waals surface area contributed by atoms with Gasteiger partial charge >= 0.3 is 0 Å². The van der Waals surface area contributed by atoms with Crippen LogP contribution in [-0.2, 0) is 16.1 Å². The highest BCUT2D eigenvalue weighted by molar-refractivity contribution is 7.11. The predicted molar refractivity (Wildman–Crippen MR) is 122 cm³/mol. The van der Waals surface area contributed by atoms with Crippen LogP contribution >= 0.6 is 11.3 Å². The van der Waals surface area contributed by atoms with E-state index in [9.17, 15) is 9.59 Å². The first-order chi connectivity index (χ1) is 15.7. The summed E-state index contributed by atoms with van der Waals surface area (Å²) in [6, 6.07) is 15.3. The van der Waals surface area contributed by atoms with Crippen molar-refractivity contribution in [1.82, 2.24) is 9.80 Å². The predicted octanol–water partition coefficient (Wildman–Crippen LogP) is 3.45. The number of furan rings is 1. The number of carbonyl (C=O) groups is 2. The number of piperazine rings is 1. The third-order valence-electron chi connectivity index (χ3n) is 5.83. The van der Waals surface area contributed by atoms with Gasteiger partial charge in [0.25, 0.3) is 11.8 Å². The summed E-state index contributed by atoms with van der Waals surface area (Å²) in [7, 11) is 1.67.